The Labute approximate surface area is 144 Å². The van der Waals surface area contributed by atoms with Crippen LogP contribution in [0.1, 0.15) is 12.5 Å². The van der Waals surface area contributed by atoms with Crippen molar-refractivity contribution < 1.29 is 39.1 Å². The Kier molecular flexibility index (Phi) is 6.32. The number of ether oxygens (including phenoxy) is 3. The predicted octanol–water partition coefficient (Wildman–Crippen LogP) is -0.823. The number of hydrogen-bond acceptors (Lipinski definition) is 9. The third-order valence-electron chi connectivity index (χ3n) is 3.74. The summed E-state index contributed by atoms with van der Waals surface area (Å²) in [6, 6.07) is 4.89. The van der Waals surface area contributed by atoms with Crippen LogP contribution < -0.4 is 10.1 Å². The van der Waals surface area contributed by atoms with E-state index >= 15 is 0 Å². The summed E-state index contributed by atoms with van der Waals surface area (Å²) in [4.78, 5) is 21.8. The molecule has 0 bridgehead atoms. The van der Waals surface area contributed by atoms with Gasteiger partial charge in [0, 0.05) is 14.0 Å². The van der Waals surface area contributed by atoms with E-state index in [-0.39, 0.29) is 12.4 Å². The zero-order chi connectivity index (χ0) is 18.6. The summed E-state index contributed by atoms with van der Waals surface area (Å²) in [7, 11) is 1.64. The lowest BCUT2D eigenvalue weighted by atomic mass is 10.00. The van der Waals surface area contributed by atoms with Crippen molar-refractivity contribution in [1.29, 1.82) is 0 Å². The lowest BCUT2D eigenvalue weighted by molar-refractivity contribution is -0.263. The first-order chi connectivity index (χ1) is 11.9. The molecule has 5 atom stereocenters. The second kappa shape index (κ2) is 8.26. The van der Waals surface area contributed by atoms with Crippen LogP contribution in [0, 0.1) is 0 Å². The molecule has 25 heavy (non-hydrogen) atoms. The monoisotopic (exact) mass is 355 g/mol. The number of anilines is 1. The molecule has 1 heterocycles. The first-order valence-corrected chi connectivity index (χ1v) is 7.63. The summed E-state index contributed by atoms with van der Waals surface area (Å²) >= 11 is 0. The molecule has 0 unspecified atom stereocenters. The summed E-state index contributed by atoms with van der Waals surface area (Å²) in [6.45, 7) is 1.40. The average molecular weight is 355 g/mol. The fourth-order valence-corrected chi connectivity index (χ4v) is 2.36. The van der Waals surface area contributed by atoms with E-state index in [0.29, 0.717) is 17.5 Å². The van der Waals surface area contributed by atoms with E-state index in [0.717, 1.165) is 0 Å². The molecule has 0 aliphatic carbocycles. The Hall–Kier alpha value is -2.20. The fraction of sp³-hybridized carbons (Fsp3) is 0.500. The molecule has 1 aliphatic rings. The van der Waals surface area contributed by atoms with Crippen LogP contribution in [0.4, 0.5) is 5.69 Å². The smallest absolute Gasteiger partial charge is 0.302 e. The maximum Gasteiger partial charge on any atom is 0.302 e. The maximum absolute atomic E-state index is 10.9. The summed E-state index contributed by atoms with van der Waals surface area (Å²) in [5, 5.41) is 32.3. The van der Waals surface area contributed by atoms with Crippen molar-refractivity contribution in [2.45, 2.75) is 44.2 Å². The van der Waals surface area contributed by atoms with E-state index in [1.54, 1.807) is 25.2 Å². The van der Waals surface area contributed by atoms with Crippen LogP contribution in [0.5, 0.6) is 5.75 Å². The van der Waals surface area contributed by atoms with Gasteiger partial charge in [0.25, 0.3) is 0 Å². The van der Waals surface area contributed by atoms with Gasteiger partial charge in [-0.25, -0.2) is 0 Å². The minimum atomic E-state index is -1.59. The summed E-state index contributed by atoms with van der Waals surface area (Å²) in [5.41, 5.74) is 1.22. The van der Waals surface area contributed by atoms with E-state index in [4.69, 9.17) is 14.2 Å². The highest BCUT2D eigenvalue weighted by Gasteiger charge is 2.45. The number of hydrogen-bond donors (Lipinski definition) is 4. The van der Waals surface area contributed by atoms with Crippen molar-refractivity contribution in [2.24, 2.45) is 0 Å². The number of carbonyl (C=O) groups is 2. The molecule has 0 saturated carbocycles. The Morgan fingerprint density at radius 2 is 2.00 bits per heavy atom. The van der Waals surface area contributed by atoms with Gasteiger partial charge in [-0.05, 0) is 17.7 Å². The quantitative estimate of drug-likeness (QED) is 0.381. The second-order valence-corrected chi connectivity index (χ2v) is 5.56. The Bertz CT molecular complexity index is 622. The van der Waals surface area contributed by atoms with Gasteiger partial charge >= 0.3 is 5.97 Å². The molecular formula is C16H21NO8. The van der Waals surface area contributed by atoms with Crippen molar-refractivity contribution in [3.8, 4) is 5.75 Å². The van der Waals surface area contributed by atoms with Gasteiger partial charge in [-0.2, -0.15) is 0 Å². The molecule has 9 nitrogen and oxygen atoms in total. The van der Waals surface area contributed by atoms with E-state index in [1.807, 2.05) is 0 Å². The third kappa shape index (κ3) is 4.45. The standard InChI is InChI=1S/C16H21NO8/c1-8(19)23-7-9-3-4-11(10(5-9)17-2)24-16-15(22)14(21)13(20)12(6-18)25-16/h3-6,12-17,20-22H,7H2,1-2H3/t12-,13-,14+,15-,16-/m1/s1. The highest BCUT2D eigenvalue weighted by molar-refractivity contribution is 5.66. The fourth-order valence-electron chi connectivity index (χ4n) is 2.36. The van der Waals surface area contributed by atoms with E-state index < -0.39 is 36.7 Å². The number of aliphatic hydroxyl groups excluding tert-OH is 3. The second-order valence-electron chi connectivity index (χ2n) is 5.56. The van der Waals surface area contributed by atoms with Crippen molar-refractivity contribution in [2.75, 3.05) is 12.4 Å². The van der Waals surface area contributed by atoms with Gasteiger partial charge in [-0.3, -0.25) is 4.79 Å². The molecule has 1 saturated heterocycles. The van der Waals surface area contributed by atoms with Crippen LogP contribution in [0.25, 0.3) is 0 Å². The molecule has 1 aromatic rings. The molecule has 4 N–H and O–H groups in total. The van der Waals surface area contributed by atoms with E-state index in [2.05, 4.69) is 5.32 Å². The molecule has 1 aromatic carbocycles. The van der Waals surface area contributed by atoms with Crippen LogP contribution in [-0.2, 0) is 25.7 Å². The SMILES string of the molecule is CNc1cc(COC(C)=O)ccc1O[C@@H]1O[C@H](C=O)[C@@H](O)[C@H](O)[C@H]1O. The minimum Gasteiger partial charge on any atom is -0.461 e. The van der Waals surface area contributed by atoms with Crippen molar-refractivity contribution in [3.05, 3.63) is 23.8 Å². The summed E-state index contributed by atoms with van der Waals surface area (Å²) in [5.74, 6) is -0.121. The predicted molar refractivity (Wildman–Crippen MR) is 84.8 cm³/mol. The largest absolute Gasteiger partial charge is 0.461 e. The van der Waals surface area contributed by atoms with Crippen LogP contribution >= 0.6 is 0 Å². The van der Waals surface area contributed by atoms with E-state index in [9.17, 15) is 24.9 Å². The topological polar surface area (TPSA) is 135 Å². The van der Waals surface area contributed by atoms with Crippen LogP contribution in [0.15, 0.2) is 18.2 Å². The molecule has 0 aromatic heterocycles. The van der Waals surface area contributed by atoms with Gasteiger partial charge in [-0.15, -0.1) is 0 Å². The van der Waals surface area contributed by atoms with Crippen molar-refractivity contribution in [1.82, 2.24) is 0 Å². The lowest BCUT2D eigenvalue weighted by Crippen LogP contribution is -2.59. The number of rotatable bonds is 6. The van der Waals surface area contributed by atoms with Crippen molar-refractivity contribution in [3.63, 3.8) is 0 Å². The average Bonchev–Trinajstić information content (AvgIpc) is 2.60. The lowest BCUT2D eigenvalue weighted by Gasteiger charge is -2.38. The van der Waals surface area contributed by atoms with Gasteiger partial charge in [0.2, 0.25) is 6.29 Å². The zero-order valence-electron chi connectivity index (χ0n) is 13.8. The zero-order valence-corrected chi connectivity index (χ0v) is 13.8. The minimum absolute atomic E-state index is 0.0883. The molecule has 1 fully saturated rings. The first kappa shape index (κ1) is 19.1. The van der Waals surface area contributed by atoms with Gasteiger partial charge in [0.1, 0.15) is 36.8 Å². The van der Waals surface area contributed by atoms with Gasteiger partial charge < -0.3 is 39.6 Å². The van der Waals surface area contributed by atoms with Crippen LogP contribution in [0.2, 0.25) is 0 Å². The summed E-state index contributed by atoms with van der Waals surface area (Å²) in [6.07, 6.45) is -7.00. The molecular weight excluding hydrogens is 334 g/mol. The highest BCUT2D eigenvalue weighted by Crippen LogP contribution is 2.30. The number of esters is 1. The molecule has 2 rings (SSSR count). The number of nitrogens with one attached hydrogen (secondary N) is 1. The van der Waals surface area contributed by atoms with Crippen LogP contribution in [0.3, 0.4) is 0 Å². The Morgan fingerprint density at radius 3 is 2.60 bits per heavy atom. The Morgan fingerprint density at radius 1 is 1.28 bits per heavy atom. The maximum atomic E-state index is 10.9. The van der Waals surface area contributed by atoms with Crippen LogP contribution in [-0.4, -0.2) is 65.3 Å². The van der Waals surface area contributed by atoms with Gasteiger partial charge in [0.15, 0.2) is 6.29 Å². The molecule has 9 heteroatoms. The molecule has 1 aliphatic heterocycles. The molecule has 0 radical (unpaired) electrons. The first-order valence-electron chi connectivity index (χ1n) is 7.63. The molecule has 0 spiro atoms. The number of aldehydes is 1. The van der Waals surface area contributed by atoms with Gasteiger partial charge in [0.05, 0.1) is 5.69 Å². The number of benzene rings is 1. The Balaban J connectivity index is 2.15. The third-order valence-corrected chi connectivity index (χ3v) is 3.74. The molecule has 138 valence electrons. The molecule has 0 amide bonds. The number of aliphatic hydroxyl groups is 3. The normalized spacial score (nSPS) is 28.9. The highest BCUT2D eigenvalue weighted by atomic mass is 16.7. The van der Waals surface area contributed by atoms with Gasteiger partial charge in [-0.1, -0.05) is 6.07 Å². The van der Waals surface area contributed by atoms with Crippen molar-refractivity contribution >= 4 is 17.9 Å². The number of carbonyl (C=O) groups excluding carboxylic acids is 2. The van der Waals surface area contributed by atoms with E-state index in [1.165, 1.54) is 6.92 Å². The summed E-state index contributed by atoms with van der Waals surface area (Å²) < 4.78 is 15.7.